The predicted molar refractivity (Wildman–Crippen MR) is 82.2 cm³/mol. The summed E-state index contributed by atoms with van der Waals surface area (Å²) >= 11 is 0. The Labute approximate surface area is 126 Å². The van der Waals surface area contributed by atoms with E-state index in [1.165, 1.54) is 19.3 Å². The second-order valence-electron chi connectivity index (χ2n) is 5.70. The number of aromatic nitrogens is 1. The molecule has 0 aliphatic carbocycles. The maximum atomic E-state index is 12.0. The van der Waals surface area contributed by atoms with Crippen LogP contribution < -0.4 is 10.6 Å². The second kappa shape index (κ2) is 8.14. The number of likely N-dealkylation sites (tertiary alicyclic amines) is 1. The van der Waals surface area contributed by atoms with Gasteiger partial charge < -0.3 is 15.2 Å². The molecule has 0 spiro atoms. The van der Waals surface area contributed by atoms with Crippen molar-refractivity contribution in [3.05, 3.63) is 11.8 Å². The van der Waals surface area contributed by atoms with Gasteiger partial charge in [0.2, 0.25) is 5.91 Å². The van der Waals surface area contributed by atoms with E-state index in [0.717, 1.165) is 26.1 Å². The average molecular weight is 294 g/mol. The van der Waals surface area contributed by atoms with Gasteiger partial charge in [0.25, 0.3) is 0 Å². The lowest BCUT2D eigenvalue weighted by atomic mass is 9.99. The molecule has 0 aromatic carbocycles. The molecule has 1 amide bonds. The lowest BCUT2D eigenvalue weighted by molar-refractivity contribution is -0.116. The highest BCUT2D eigenvalue weighted by Crippen LogP contribution is 2.19. The Balaban J connectivity index is 1.75. The van der Waals surface area contributed by atoms with Gasteiger partial charge in [-0.25, -0.2) is 0 Å². The van der Waals surface area contributed by atoms with E-state index in [-0.39, 0.29) is 5.91 Å². The zero-order chi connectivity index (χ0) is 15.1. The number of anilines is 1. The molecule has 6 nitrogen and oxygen atoms in total. The van der Waals surface area contributed by atoms with Crippen LogP contribution in [0, 0.1) is 6.92 Å². The van der Waals surface area contributed by atoms with E-state index in [4.69, 9.17) is 4.52 Å². The van der Waals surface area contributed by atoms with Gasteiger partial charge in [-0.15, -0.1) is 0 Å². The molecule has 1 aromatic heterocycles. The van der Waals surface area contributed by atoms with E-state index in [0.29, 0.717) is 24.0 Å². The van der Waals surface area contributed by atoms with Crippen molar-refractivity contribution < 1.29 is 9.32 Å². The Kier molecular flexibility index (Phi) is 6.20. The van der Waals surface area contributed by atoms with Crippen LogP contribution in [0.15, 0.2) is 10.6 Å². The van der Waals surface area contributed by atoms with Crippen LogP contribution in [0.2, 0.25) is 0 Å². The third kappa shape index (κ3) is 5.13. The number of carbonyl (C=O) groups is 1. The number of nitrogens with one attached hydrogen (secondary N) is 2. The van der Waals surface area contributed by atoms with Crippen molar-refractivity contribution in [2.24, 2.45) is 0 Å². The van der Waals surface area contributed by atoms with Crippen LogP contribution in [0.4, 0.5) is 5.82 Å². The zero-order valence-electron chi connectivity index (χ0n) is 13.0. The van der Waals surface area contributed by atoms with E-state index in [1.54, 1.807) is 6.07 Å². The number of aryl methyl sites for hydroxylation is 1. The molecule has 21 heavy (non-hydrogen) atoms. The van der Waals surface area contributed by atoms with Crippen LogP contribution in [0.1, 0.15) is 37.9 Å². The van der Waals surface area contributed by atoms with Crippen LogP contribution in [-0.4, -0.2) is 48.7 Å². The lowest BCUT2D eigenvalue weighted by Gasteiger charge is -2.35. The van der Waals surface area contributed by atoms with Gasteiger partial charge in [0, 0.05) is 25.1 Å². The van der Waals surface area contributed by atoms with Gasteiger partial charge in [-0.05, 0) is 46.3 Å². The Hall–Kier alpha value is -1.40. The molecule has 1 unspecified atom stereocenters. The summed E-state index contributed by atoms with van der Waals surface area (Å²) in [6.07, 6.45) is 5.43. The van der Waals surface area contributed by atoms with E-state index >= 15 is 0 Å². The normalized spacial score (nSPS) is 19.6. The summed E-state index contributed by atoms with van der Waals surface area (Å²) in [5.74, 6) is 1.21. The van der Waals surface area contributed by atoms with E-state index < -0.39 is 0 Å². The zero-order valence-corrected chi connectivity index (χ0v) is 13.0. The van der Waals surface area contributed by atoms with E-state index in [9.17, 15) is 4.79 Å². The Bertz CT molecular complexity index is 447. The first-order valence-electron chi connectivity index (χ1n) is 7.81. The van der Waals surface area contributed by atoms with Crippen molar-refractivity contribution in [3.8, 4) is 0 Å². The van der Waals surface area contributed by atoms with Gasteiger partial charge in [0.15, 0.2) is 5.82 Å². The van der Waals surface area contributed by atoms with Gasteiger partial charge >= 0.3 is 0 Å². The van der Waals surface area contributed by atoms with Crippen molar-refractivity contribution in [2.75, 3.05) is 32.0 Å². The third-order valence-electron chi connectivity index (χ3n) is 4.00. The number of amides is 1. The average Bonchev–Trinajstić information content (AvgIpc) is 2.89. The topological polar surface area (TPSA) is 70.4 Å². The van der Waals surface area contributed by atoms with Gasteiger partial charge in [0.05, 0.1) is 0 Å². The Morgan fingerprint density at radius 2 is 2.38 bits per heavy atom. The first kappa shape index (κ1) is 16.0. The third-order valence-corrected chi connectivity index (χ3v) is 4.00. The van der Waals surface area contributed by atoms with Gasteiger partial charge in [-0.2, -0.15) is 0 Å². The number of hydrogen-bond acceptors (Lipinski definition) is 5. The first-order chi connectivity index (χ1) is 10.2. The fraction of sp³-hybridized carbons (Fsp3) is 0.733. The molecule has 118 valence electrons. The molecule has 1 aromatic rings. The molecule has 0 saturated carbocycles. The van der Waals surface area contributed by atoms with Gasteiger partial charge in [-0.1, -0.05) is 11.6 Å². The van der Waals surface area contributed by atoms with E-state index in [2.05, 4.69) is 20.7 Å². The number of rotatable bonds is 7. The Morgan fingerprint density at radius 3 is 3.10 bits per heavy atom. The minimum Gasteiger partial charge on any atom is -0.360 e. The molecular weight excluding hydrogens is 268 g/mol. The van der Waals surface area contributed by atoms with Crippen LogP contribution in [0.3, 0.4) is 0 Å². The summed E-state index contributed by atoms with van der Waals surface area (Å²) in [7, 11) is 1.99. The van der Waals surface area contributed by atoms with Crippen LogP contribution >= 0.6 is 0 Å². The molecular formula is C15H26N4O2. The molecule has 2 N–H and O–H groups in total. The van der Waals surface area contributed by atoms with Crippen LogP contribution in [-0.2, 0) is 4.79 Å². The molecule has 2 heterocycles. The maximum Gasteiger partial charge on any atom is 0.226 e. The maximum absolute atomic E-state index is 12.0. The number of hydrogen-bond donors (Lipinski definition) is 2. The van der Waals surface area contributed by atoms with Crippen molar-refractivity contribution in [1.82, 2.24) is 15.4 Å². The predicted octanol–water partition coefficient (Wildman–Crippen LogP) is 1.78. The molecule has 1 saturated heterocycles. The Morgan fingerprint density at radius 1 is 1.52 bits per heavy atom. The fourth-order valence-corrected chi connectivity index (χ4v) is 2.87. The molecule has 6 heteroatoms. The lowest BCUT2D eigenvalue weighted by Crippen LogP contribution is -2.42. The van der Waals surface area contributed by atoms with Crippen molar-refractivity contribution in [2.45, 2.75) is 45.1 Å². The first-order valence-corrected chi connectivity index (χ1v) is 7.81. The van der Waals surface area contributed by atoms with Gasteiger partial charge in [0.1, 0.15) is 5.76 Å². The summed E-state index contributed by atoms with van der Waals surface area (Å²) in [5.41, 5.74) is 0. The molecule has 0 bridgehead atoms. The second-order valence-corrected chi connectivity index (χ2v) is 5.70. The molecule has 1 aliphatic rings. The van der Waals surface area contributed by atoms with E-state index in [1.807, 2.05) is 14.0 Å². The largest absolute Gasteiger partial charge is 0.360 e. The van der Waals surface area contributed by atoms with Crippen LogP contribution in [0.5, 0.6) is 0 Å². The SMILES string of the molecule is CNCCC1CCCCN1CCC(=O)Nc1cc(C)on1. The highest BCUT2D eigenvalue weighted by molar-refractivity contribution is 5.89. The minimum absolute atomic E-state index is 0.00115. The number of nitrogens with zero attached hydrogens (tertiary/aromatic N) is 2. The molecule has 2 rings (SSSR count). The number of carbonyl (C=O) groups excluding carboxylic acids is 1. The summed E-state index contributed by atoms with van der Waals surface area (Å²) < 4.78 is 4.94. The summed E-state index contributed by atoms with van der Waals surface area (Å²) in [6, 6.07) is 2.34. The summed E-state index contributed by atoms with van der Waals surface area (Å²) in [4.78, 5) is 14.4. The minimum atomic E-state index is 0.00115. The van der Waals surface area contributed by atoms with Crippen molar-refractivity contribution in [1.29, 1.82) is 0 Å². The fourth-order valence-electron chi connectivity index (χ4n) is 2.87. The standard InChI is InChI=1S/C15H26N4O2/c1-12-11-14(18-21-12)17-15(20)7-10-19-9-4-3-5-13(19)6-8-16-2/h11,13,16H,3-10H2,1-2H3,(H,17,18,20). The quantitative estimate of drug-likeness (QED) is 0.802. The molecule has 1 fully saturated rings. The smallest absolute Gasteiger partial charge is 0.226 e. The summed E-state index contributed by atoms with van der Waals surface area (Å²) in [5, 5.41) is 9.77. The van der Waals surface area contributed by atoms with Crippen molar-refractivity contribution in [3.63, 3.8) is 0 Å². The summed E-state index contributed by atoms with van der Waals surface area (Å²) in [6.45, 7) is 4.76. The highest BCUT2D eigenvalue weighted by Gasteiger charge is 2.22. The number of piperidine rings is 1. The monoisotopic (exact) mass is 294 g/mol. The molecule has 0 radical (unpaired) electrons. The molecule has 1 atom stereocenters. The molecule has 1 aliphatic heterocycles. The van der Waals surface area contributed by atoms with Crippen LogP contribution in [0.25, 0.3) is 0 Å². The van der Waals surface area contributed by atoms with Gasteiger partial charge in [-0.3, -0.25) is 9.69 Å². The van der Waals surface area contributed by atoms with Crippen molar-refractivity contribution >= 4 is 11.7 Å². The highest BCUT2D eigenvalue weighted by atomic mass is 16.5.